The van der Waals surface area contributed by atoms with Crippen LogP contribution in [-0.2, 0) is 9.47 Å². The van der Waals surface area contributed by atoms with Crippen molar-refractivity contribution < 1.29 is 29.2 Å². The molecule has 2 rings (SSSR count). The average molecular weight is 409 g/mol. The van der Waals surface area contributed by atoms with Gasteiger partial charge in [0.25, 0.3) is 0 Å². The van der Waals surface area contributed by atoms with Gasteiger partial charge in [0.15, 0.2) is 0 Å². The van der Waals surface area contributed by atoms with Crippen LogP contribution in [0.3, 0.4) is 0 Å². The lowest BCUT2D eigenvalue weighted by atomic mass is 10.3. The summed E-state index contributed by atoms with van der Waals surface area (Å²) in [6, 6.07) is 15.5. The molecule has 0 bridgehead atoms. The Morgan fingerprint density at radius 3 is 1.75 bits per heavy atom. The van der Waals surface area contributed by atoms with E-state index in [1.54, 1.807) is 26.0 Å². The summed E-state index contributed by atoms with van der Waals surface area (Å²) in [7, 11) is 3.11. The molecule has 2 aromatic rings. The monoisotopic (exact) mass is 408 g/mol. The summed E-state index contributed by atoms with van der Waals surface area (Å²) in [4.78, 5) is 2.18. The minimum Gasteiger partial charge on any atom is -0.493 e. The van der Waals surface area contributed by atoms with Gasteiger partial charge in [-0.2, -0.15) is 0 Å². The molecule has 2 aromatic carbocycles. The van der Waals surface area contributed by atoms with Crippen LogP contribution in [0, 0.1) is 0 Å². The molecule has 0 saturated heterocycles. The Morgan fingerprint density at radius 1 is 0.714 bits per heavy atom. The van der Waals surface area contributed by atoms with Gasteiger partial charge in [0.1, 0.15) is 24.2 Å². The molecule has 0 aromatic heterocycles. The predicted octanol–water partition coefficient (Wildman–Crippen LogP) is 3.00. The van der Waals surface area contributed by atoms with Crippen molar-refractivity contribution in [2.45, 2.75) is 28.4 Å². The largest absolute Gasteiger partial charge is 0.493 e. The van der Waals surface area contributed by atoms with Gasteiger partial charge in [-0.25, -0.2) is 0 Å². The van der Waals surface area contributed by atoms with Crippen LogP contribution in [0.2, 0.25) is 0 Å². The lowest BCUT2D eigenvalue weighted by Gasteiger charge is -2.12. The van der Waals surface area contributed by atoms with Crippen molar-refractivity contribution in [3.63, 3.8) is 0 Å². The highest BCUT2D eigenvalue weighted by Crippen LogP contribution is 2.30. The zero-order valence-electron chi connectivity index (χ0n) is 16.2. The summed E-state index contributed by atoms with van der Waals surface area (Å²) >= 11 is 1.64. The molecule has 0 spiro atoms. The average Bonchev–Trinajstić information content (AvgIpc) is 2.69. The van der Waals surface area contributed by atoms with Crippen molar-refractivity contribution in [1.82, 2.24) is 0 Å². The van der Waals surface area contributed by atoms with E-state index in [-0.39, 0.29) is 13.2 Å². The Labute approximate surface area is 170 Å². The molecule has 6 nitrogen and oxygen atoms in total. The summed E-state index contributed by atoms with van der Waals surface area (Å²) in [5.41, 5.74) is 0. The molecule has 0 aliphatic rings. The molecule has 0 heterocycles. The fourth-order valence-corrected chi connectivity index (χ4v) is 3.18. The highest BCUT2D eigenvalue weighted by molar-refractivity contribution is 7.99. The molecule has 0 aliphatic heterocycles. The smallest absolute Gasteiger partial charge is 0.119 e. The normalized spacial score (nSPS) is 13.1. The summed E-state index contributed by atoms with van der Waals surface area (Å²) in [5.74, 6) is 1.48. The molecule has 7 heteroatoms. The Bertz CT molecular complexity index is 662. The second-order valence-electron chi connectivity index (χ2n) is 6.21. The first-order valence-electron chi connectivity index (χ1n) is 9.08. The van der Waals surface area contributed by atoms with E-state index >= 15 is 0 Å². The Balaban J connectivity index is 1.77. The topological polar surface area (TPSA) is 77.4 Å². The first-order valence-corrected chi connectivity index (χ1v) is 9.90. The van der Waals surface area contributed by atoms with Gasteiger partial charge in [-0.15, -0.1) is 0 Å². The van der Waals surface area contributed by atoms with Gasteiger partial charge >= 0.3 is 0 Å². The molecule has 0 aliphatic carbocycles. The van der Waals surface area contributed by atoms with Crippen molar-refractivity contribution >= 4 is 11.8 Å². The molecule has 2 atom stereocenters. The number of aliphatic hydroxyl groups is 2. The van der Waals surface area contributed by atoms with Gasteiger partial charge in [-0.05, 0) is 48.5 Å². The van der Waals surface area contributed by atoms with Crippen LogP contribution in [0.1, 0.15) is 6.42 Å². The molecule has 154 valence electrons. The Hall–Kier alpha value is -1.77. The third-order valence-corrected chi connectivity index (χ3v) is 4.78. The molecule has 2 N–H and O–H groups in total. The number of aliphatic hydroxyl groups excluding tert-OH is 2. The van der Waals surface area contributed by atoms with E-state index in [2.05, 4.69) is 0 Å². The van der Waals surface area contributed by atoms with Crippen LogP contribution in [0.4, 0.5) is 0 Å². The number of hydrogen-bond acceptors (Lipinski definition) is 7. The first kappa shape index (κ1) is 22.5. The van der Waals surface area contributed by atoms with Gasteiger partial charge in [-0.1, -0.05) is 11.8 Å². The third-order valence-electron chi connectivity index (χ3n) is 3.76. The van der Waals surface area contributed by atoms with E-state index in [0.29, 0.717) is 25.4 Å². The third kappa shape index (κ3) is 8.50. The van der Waals surface area contributed by atoms with Crippen LogP contribution < -0.4 is 9.47 Å². The number of ether oxygens (including phenoxy) is 4. The van der Waals surface area contributed by atoms with Crippen molar-refractivity contribution in [2.24, 2.45) is 0 Å². The number of methoxy groups -OCH3 is 2. The molecule has 2 unspecified atom stereocenters. The van der Waals surface area contributed by atoms with Crippen LogP contribution in [0.25, 0.3) is 0 Å². The van der Waals surface area contributed by atoms with E-state index < -0.39 is 12.2 Å². The molecule has 0 saturated carbocycles. The molecule has 0 radical (unpaired) electrons. The predicted molar refractivity (Wildman–Crippen MR) is 108 cm³/mol. The van der Waals surface area contributed by atoms with Crippen LogP contribution in [-0.4, -0.2) is 63.1 Å². The molecular weight excluding hydrogens is 380 g/mol. The fourth-order valence-electron chi connectivity index (χ4n) is 2.37. The second-order valence-corrected chi connectivity index (χ2v) is 7.36. The van der Waals surface area contributed by atoms with E-state index in [1.807, 2.05) is 48.5 Å². The summed E-state index contributed by atoms with van der Waals surface area (Å²) < 4.78 is 20.9. The molecule has 0 fully saturated rings. The van der Waals surface area contributed by atoms with Crippen molar-refractivity contribution in [2.75, 3.05) is 40.6 Å². The van der Waals surface area contributed by atoms with Gasteiger partial charge in [0.2, 0.25) is 0 Å². The van der Waals surface area contributed by atoms with Crippen LogP contribution >= 0.6 is 11.8 Å². The Morgan fingerprint density at radius 2 is 1.21 bits per heavy atom. The maximum Gasteiger partial charge on any atom is 0.119 e. The summed E-state index contributed by atoms with van der Waals surface area (Å²) in [6.07, 6.45) is -0.612. The lowest BCUT2D eigenvalue weighted by molar-refractivity contribution is 0.0325. The standard InChI is InChI=1S/C21H28O6S/c1-24-13-16(22)11-12-26-18-3-7-20(8-4-18)28-21-9-5-19(6-10-21)27-15-17(23)14-25-2/h3-10,16-17,22-23H,11-15H2,1-2H3. The number of benzene rings is 2. The van der Waals surface area contributed by atoms with Crippen molar-refractivity contribution in [3.8, 4) is 11.5 Å². The molecule has 0 amide bonds. The van der Waals surface area contributed by atoms with Gasteiger partial charge in [0.05, 0.1) is 25.9 Å². The lowest BCUT2D eigenvalue weighted by Crippen LogP contribution is -2.22. The van der Waals surface area contributed by atoms with E-state index in [1.165, 1.54) is 0 Å². The van der Waals surface area contributed by atoms with Gasteiger partial charge in [-0.3, -0.25) is 0 Å². The second kappa shape index (κ2) is 12.6. The SMILES string of the molecule is COCC(O)CCOc1ccc(Sc2ccc(OCC(O)COC)cc2)cc1. The highest BCUT2D eigenvalue weighted by Gasteiger charge is 2.06. The molecular formula is C21H28O6S. The Kier molecular flexibility index (Phi) is 10.2. The maximum atomic E-state index is 9.61. The fraction of sp³-hybridized carbons (Fsp3) is 0.429. The van der Waals surface area contributed by atoms with E-state index in [0.717, 1.165) is 15.5 Å². The van der Waals surface area contributed by atoms with E-state index in [4.69, 9.17) is 18.9 Å². The summed E-state index contributed by atoms with van der Waals surface area (Å²) in [6.45, 7) is 1.21. The quantitative estimate of drug-likeness (QED) is 0.528. The summed E-state index contributed by atoms with van der Waals surface area (Å²) in [5, 5.41) is 19.2. The molecule has 28 heavy (non-hydrogen) atoms. The van der Waals surface area contributed by atoms with Crippen molar-refractivity contribution in [1.29, 1.82) is 0 Å². The zero-order chi connectivity index (χ0) is 20.2. The highest BCUT2D eigenvalue weighted by atomic mass is 32.2. The van der Waals surface area contributed by atoms with Gasteiger partial charge < -0.3 is 29.2 Å². The first-order chi connectivity index (χ1) is 13.6. The minimum absolute atomic E-state index is 0.199. The van der Waals surface area contributed by atoms with Crippen LogP contribution in [0.5, 0.6) is 11.5 Å². The van der Waals surface area contributed by atoms with Crippen LogP contribution in [0.15, 0.2) is 58.3 Å². The number of hydrogen-bond donors (Lipinski definition) is 2. The van der Waals surface area contributed by atoms with E-state index in [9.17, 15) is 10.2 Å². The zero-order valence-corrected chi connectivity index (χ0v) is 17.1. The van der Waals surface area contributed by atoms with Gasteiger partial charge in [0, 0.05) is 30.4 Å². The van der Waals surface area contributed by atoms with Crippen molar-refractivity contribution in [3.05, 3.63) is 48.5 Å². The minimum atomic E-state index is -0.636. The maximum absolute atomic E-state index is 9.61. The number of rotatable bonds is 13.